The van der Waals surface area contributed by atoms with Gasteiger partial charge in [-0.15, -0.1) is 0 Å². The first-order valence-electron chi connectivity index (χ1n) is 9.15. The van der Waals surface area contributed by atoms with Crippen LogP contribution in [0.15, 0.2) is 18.6 Å². The molecule has 1 aliphatic rings. The lowest BCUT2D eigenvalue weighted by Crippen LogP contribution is -2.43. The number of carbonyl (C=O) groups is 3. The Morgan fingerprint density at radius 3 is 2.54 bits per heavy atom. The minimum absolute atomic E-state index is 0.00126. The molecule has 1 saturated heterocycles. The Morgan fingerprint density at radius 2 is 1.96 bits per heavy atom. The highest BCUT2D eigenvalue weighted by Crippen LogP contribution is 2.17. The van der Waals surface area contributed by atoms with Gasteiger partial charge < -0.3 is 15.5 Å². The van der Waals surface area contributed by atoms with Crippen LogP contribution in [-0.4, -0.2) is 63.7 Å². The van der Waals surface area contributed by atoms with Crippen molar-refractivity contribution in [3.63, 3.8) is 0 Å². The summed E-state index contributed by atoms with van der Waals surface area (Å²) in [4.78, 5) is 47.7. The third-order valence-corrected chi connectivity index (χ3v) is 4.70. The maximum absolute atomic E-state index is 12.6. The molecule has 0 saturated carbocycles. The number of hydrogen-bond acceptors (Lipinski definition) is 5. The van der Waals surface area contributed by atoms with Crippen molar-refractivity contribution in [1.82, 2.24) is 19.8 Å². The topological polar surface area (TPSA) is 109 Å². The molecule has 0 aromatic carbocycles. The Morgan fingerprint density at radius 1 is 1.23 bits per heavy atom. The third-order valence-electron chi connectivity index (χ3n) is 4.70. The highest BCUT2D eigenvalue weighted by atomic mass is 16.2. The van der Waals surface area contributed by atoms with Gasteiger partial charge >= 0.3 is 0 Å². The number of hydrogen-bond donors (Lipinski definition) is 1. The number of primary amides is 1. The Hall–Kier alpha value is -2.51. The molecule has 142 valence electrons. The van der Waals surface area contributed by atoms with Crippen LogP contribution in [0.5, 0.6) is 0 Å². The summed E-state index contributed by atoms with van der Waals surface area (Å²) >= 11 is 0. The summed E-state index contributed by atoms with van der Waals surface area (Å²) in [6.45, 7) is 4.07. The number of nitrogens with two attached hydrogens (primary N) is 1. The summed E-state index contributed by atoms with van der Waals surface area (Å²) in [6, 6.07) is 0. The van der Waals surface area contributed by atoms with E-state index in [-0.39, 0.29) is 30.1 Å². The van der Waals surface area contributed by atoms with Crippen molar-refractivity contribution >= 4 is 17.7 Å². The molecule has 0 spiro atoms. The lowest BCUT2D eigenvalue weighted by molar-refractivity contribution is -0.135. The van der Waals surface area contributed by atoms with Crippen molar-refractivity contribution < 1.29 is 14.4 Å². The summed E-state index contributed by atoms with van der Waals surface area (Å²) in [5.74, 6) is -0.635. The van der Waals surface area contributed by atoms with Crippen molar-refractivity contribution in [3.8, 4) is 0 Å². The molecule has 2 rings (SSSR count). The second kappa shape index (κ2) is 9.84. The predicted molar refractivity (Wildman–Crippen MR) is 96.0 cm³/mol. The fourth-order valence-corrected chi connectivity index (χ4v) is 3.04. The zero-order valence-electron chi connectivity index (χ0n) is 15.3. The molecule has 2 heterocycles. The summed E-state index contributed by atoms with van der Waals surface area (Å²) < 4.78 is 0. The summed E-state index contributed by atoms with van der Waals surface area (Å²) in [7, 11) is 0. The fraction of sp³-hybridized carbons (Fsp3) is 0.611. The van der Waals surface area contributed by atoms with Gasteiger partial charge in [-0.25, -0.2) is 4.98 Å². The van der Waals surface area contributed by atoms with Crippen molar-refractivity contribution in [3.05, 3.63) is 24.3 Å². The standard InChI is InChI=1S/C18H27N5O3/c1-2-3-9-23(18(26)15-13-20-7-8-21-15)12-6-16(24)22-10-4-14(5-11-22)17(19)25/h7-8,13-14H,2-6,9-12H2,1H3,(H2,19,25). The van der Waals surface area contributed by atoms with Crippen LogP contribution in [0.3, 0.4) is 0 Å². The van der Waals surface area contributed by atoms with E-state index in [0.29, 0.717) is 44.7 Å². The number of rotatable bonds is 8. The summed E-state index contributed by atoms with van der Waals surface area (Å²) in [5, 5.41) is 0. The van der Waals surface area contributed by atoms with Gasteiger partial charge in [0.25, 0.3) is 5.91 Å². The van der Waals surface area contributed by atoms with E-state index in [2.05, 4.69) is 16.9 Å². The first kappa shape index (κ1) is 19.8. The van der Waals surface area contributed by atoms with E-state index in [9.17, 15) is 14.4 Å². The van der Waals surface area contributed by atoms with Crippen LogP contribution < -0.4 is 5.73 Å². The number of likely N-dealkylation sites (tertiary alicyclic amines) is 1. The van der Waals surface area contributed by atoms with Gasteiger partial charge in [-0.2, -0.15) is 0 Å². The number of amides is 3. The molecule has 8 heteroatoms. The molecule has 0 radical (unpaired) electrons. The maximum atomic E-state index is 12.6. The largest absolute Gasteiger partial charge is 0.369 e. The summed E-state index contributed by atoms with van der Waals surface area (Å²) in [6.07, 6.45) is 7.75. The van der Waals surface area contributed by atoms with Gasteiger partial charge in [0.1, 0.15) is 5.69 Å². The van der Waals surface area contributed by atoms with E-state index < -0.39 is 0 Å². The average Bonchev–Trinajstić information content (AvgIpc) is 2.68. The first-order valence-corrected chi connectivity index (χ1v) is 9.15. The lowest BCUT2D eigenvalue weighted by Gasteiger charge is -2.31. The van der Waals surface area contributed by atoms with Gasteiger partial charge in [-0.1, -0.05) is 13.3 Å². The van der Waals surface area contributed by atoms with E-state index in [4.69, 9.17) is 5.73 Å². The molecule has 2 N–H and O–H groups in total. The monoisotopic (exact) mass is 361 g/mol. The number of piperidine rings is 1. The molecule has 1 aliphatic heterocycles. The third kappa shape index (κ3) is 5.50. The van der Waals surface area contributed by atoms with Crippen molar-refractivity contribution in [1.29, 1.82) is 0 Å². The molecule has 1 fully saturated rings. The molecule has 3 amide bonds. The van der Waals surface area contributed by atoms with Gasteiger partial charge in [-0.3, -0.25) is 19.4 Å². The number of unbranched alkanes of at least 4 members (excludes halogenated alkanes) is 1. The molecule has 0 unspecified atom stereocenters. The molecule has 0 atom stereocenters. The molecular formula is C18H27N5O3. The molecule has 0 aliphatic carbocycles. The predicted octanol–water partition coefficient (Wildman–Crippen LogP) is 0.833. The van der Waals surface area contributed by atoms with Crippen molar-refractivity contribution in [2.45, 2.75) is 39.0 Å². The smallest absolute Gasteiger partial charge is 0.274 e. The van der Waals surface area contributed by atoms with E-state index in [1.807, 2.05) is 0 Å². The van der Waals surface area contributed by atoms with E-state index >= 15 is 0 Å². The van der Waals surface area contributed by atoms with Crippen LogP contribution in [-0.2, 0) is 9.59 Å². The molecule has 0 bridgehead atoms. The Balaban J connectivity index is 1.89. The van der Waals surface area contributed by atoms with Crippen LogP contribution >= 0.6 is 0 Å². The highest BCUT2D eigenvalue weighted by Gasteiger charge is 2.26. The van der Waals surface area contributed by atoms with Gasteiger partial charge in [-0.05, 0) is 19.3 Å². The minimum Gasteiger partial charge on any atom is -0.369 e. The first-order chi connectivity index (χ1) is 12.5. The zero-order chi connectivity index (χ0) is 18.9. The average molecular weight is 361 g/mol. The van der Waals surface area contributed by atoms with Gasteiger partial charge in [0.15, 0.2) is 0 Å². The fourth-order valence-electron chi connectivity index (χ4n) is 3.04. The zero-order valence-corrected chi connectivity index (χ0v) is 15.3. The van der Waals surface area contributed by atoms with E-state index in [1.165, 1.54) is 18.6 Å². The summed E-state index contributed by atoms with van der Waals surface area (Å²) in [5.41, 5.74) is 5.61. The molecule has 26 heavy (non-hydrogen) atoms. The number of nitrogens with zero attached hydrogens (tertiary/aromatic N) is 4. The molecule has 1 aromatic heterocycles. The SMILES string of the molecule is CCCCN(CCC(=O)N1CCC(C(N)=O)CC1)C(=O)c1cnccn1. The van der Waals surface area contributed by atoms with Crippen LogP contribution in [0.1, 0.15) is 49.5 Å². The van der Waals surface area contributed by atoms with E-state index in [0.717, 1.165) is 12.8 Å². The second-order valence-electron chi connectivity index (χ2n) is 6.54. The van der Waals surface area contributed by atoms with Gasteiger partial charge in [0.05, 0.1) is 6.20 Å². The van der Waals surface area contributed by atoms with Crippen molar-refractivity contribution in [2.24, 2.45) is 11.7 Å². The Kier molecular flexibility index (Phi) is 7.50. The molecular weight excluding hydrogens is 334 g/mol. The van der Waals surface area contributed by atoms with E-state index in [1.54, 1.807) is 9.80 Å². The quantitative estimate of drug-likeness (QED) is 0.737. The second-order valence-corrected chi connectivity index (χ2v) is 6.54. The van der Waals surface area contributed by atoms with Gasteiger partial charge in [0.2, 0.25) is 11.8 Å². The number of carbonyl (C=O) groups excluding carboxylic acids is 3. The minimum atomic E-state index is -0.294. The molecule has 1 aromatic rings. The molecule has 8 nitrogen and oxygen atoms in total. The van der Waals surface area contributed by atoms with Crippen LogP contribution in [0.2, 0.25) is 0 Å². The highest BCUT2D eigenvalue weighted by molar-refractivity contribution is 5.92. The normalized spacial score (nSPS) is 14.9. The maximum Gasteiger partial charge on any atom is 0.274 e. The van der Waals surface area contributed by atoms with Crippen LogP contribution in [0.4, 0.5) is 0 Å². The van der Waals surface area contributed by atoms with Gasteiger partial charge in [0, 0.05) is 50.9 Å². The number of aromatic nitrogens is 2. The Labute approximate surface area is 153 Å². The van der Waals surface area contributed by atoms with Crippen LogP contribution in [0.25, 0.3) is 0 Å². The van der Waals surface area contributed by atoms with Crippen LogP contribution in [0, 0.1) is 5.92 Å². The lowest BCUT2D eigenvalue weighted by atomic mass is 9.96. The Bertz CT molecular complexity index is 615. The van der Waals surface area contributed by atoms with Crippen molar-refractivity contribution in [2.75, 3.05) is 26.2 Å².